The van der Waals surface area contributed by atoms with Gasteiger partial charge in [0.05, 0.1) is 10.6 Å². The summed E-state index contributed by atoms with van der Waals surface area (Å²) in [6.07, 6.45) is 2.52. The number of benzene rings is 2. The zero-order chi connectivity index (χ0) is 20.1. The van der Waals surface area contributed by atoms with Gasteiger partial charge in [-0.3, -0.25) is 0 Å². The molecule has 2 nitrogen and oxygen atoms in total. The molecule has 3 aromatic rings. The predicted molar refractivity (Wildman–Crippen MR) is 116 cm³/mol. The first kappa shape index (κ1) is 21.0. The van der Waals surface area contributed by atoms with Gasteiger partial charge in [-0.05, 0) is 60.5 Å². The molecule has 0 bridgehead atoms. The van der Waals surface area contributed by atoms with Gasteiger partial charge in [-0.15, -0.1) is 11.8 Å². The Morgan fingerprint density at radius 3 is 2.50 bits per heavy atom. The van der Waals surface area contributed by atoms with Gasteiger partial charge in [0.15, 0.2) is 0 Å². The minimum atomic E-state index is -0.481. The summed E-state index contributed by atoms with van der Waals surface area (Å²) in [6.45, 7) is 2.02. The smallest absolute Gasteiger partial charge is 0.128 e. The molecule has 7 heteroatoms. The number of nitrogens with one attached hydrogen (secondary N) is 1. The average molecular weight is 437 g/mol. The number of hydrogen-bond acceptors (Lipinski definition) is 4. The maximum Gasteiger partial charge on any atom is 0.128 e. The topological polar surface area (TPSA) is 24.9 Å². The van der Waals surface area contributed by atoms with Gasteiger partial charge in [-0.1, -0.05) is 24.6 Å². The Bertz CT molecular complexity index is 921. The lowest BCUT2D eigenvalue weighted by molar-refractivity contribution is 0.587. The Kier molecular flexibility index (Phi) is 7.21. The van der Waals surface area contributed by atoms with Crippen LogP contribution in [-0.4, -0.2) is 10.4 Å². The van der Waals surface area contributed by atoms with E-state index < -0.39 is 16.9 Å². The van der Waals surface area contributed by atoms with E-state index in [-0.39, 0.29) is 10.9 Å². The Labute approximate surface area is 178 Å². The minimum absolute atomic E-state index is 0.00162. The SMILES string of the molecule is CCC(S)Nc1ccc(C(Sc2ccc(Cl)cc2)c2cc(F)ccc2F)cn1. The fourth-order valence-electron chi connectivity index (χ4n) is 2.59. The third-order valence-corrected chi connectivity index (χ3v) is 6.15. The molecule has 0 aliphatic heterocycles. The molecule has 0 fully saturated rings. The lowest BCUT2D eigenvalue weighted by Gasteiger charge is -2.19. The Morgan fingerprint density at radius 1 is 1.11 bits per heavy atom. The number of aromatic nitrogens is 1. The molecule has 146 valence electrons. The van der Waals surface area contributed by atoms with Crippen LogP contribution in [0.5, 0.6) is 0 Å². The van der Waals surface area contributed by atoms with Crippen LogP contribution in [0.2, 0.25) is 5.02 Å². The van der Waals surface area contributed by atoms with E-state index in [0.29, 0.717) is 10.8 Å². The first-order valence-electron chi connectivity index (χ1n) is 8.74. The van der Waals surface area contributed by atoms with Gasteiger partial charge in [0.1, 0.15) is 17.5 Å². The normalized spacial score (nSPS) is 13.2. The van der Waals surface area contributed by atoms with Crippen molar-refractivity contribution in [1.82, 2.24) is 4.98 Å². The van der Waals surface area contributed by atoms with E-state index in [1.807, 2.05) is 31.2 Å². The number of nitrogens with zero attached hydrogens (tertiary/aromatic N) is 1. The summed E-state index contributed by atoms with van der Waals surface area (Å²) in [5.74, 6) is -0.262. The summed E-state index contributed by atoms with van der Waals surface area (Å²) in [5.41, 5.74) is 1.03. The van der Waals surface area contributed by atoms with Crippen LogP contribution in [0.3, 0.4) is 0 Å². The highest BCUT2D eigenvalue weighted by molar-refractivity contribution is 7.99. The molecule has 3 rings (SSSR count). The quantitative estimate of drug-likeness (QED) is 0.237. The molecule has 0 aliphatic carbocycles. The average Bonchev–Trinajstić information content (AvgIpc) is 2.70. The first-order chi connectivity index (χ1) is 13.5. The number of hydrogen-bond donors (Lipinski definition) is 2. The minimum Gasteiger partial charge on any atom is -0.359 e. The van der Waals surface area contributed by atoms with E-state index in [1.54, 1.807) is 18.3 Å². The maximum atomic E-state index is 14.5. The third kappa shape index (κ3) is 5.40. The van der Waals surface area contributed by atoms with E-state index >= 15 is 0 Å². The van der Waals surface area contributed by atoms with Crippen molar-refractivity contribution >= 4 is 41.8 Å². The van der Waals surface area contributed by atoms with Crippen molar-refractivity contribution < 1.29 is 8.78 Å². The molecule has 0 spiro atoms. The molecule has 0 aliphatic rings. The second-order valence-electron chi connectivity index (χ2n) is 6.16. The Balaban J connectivity index is 1.95. The fraction of sp³-hybridized carbons (Fsp3) is 0.190. The summed E-state index contributed by atoms with van der Waals surface area (Å²) < 4.78 is 28.4. The fourth-order valence-corrected chi connectivity index (χ4v) is 4.00. The van der Waals surface area contributed by atoms with Crippen LogP contribution >= 0.6 is 36.0 Å². The molecule has 0 radical (unpaired) electrons. The molecule has 1 aromatic heterocycles. The number of halogens is 3. The van der Waals surface area contributed by atoms with Crippen molar-refractivity contribution in [3.05, 3.63) is 88.6 Å². The summed E-state index contributed by atoms with van der Waals surface area (Å²) >= 11 is 11.8. The molecule has 0 saturated heterocycles. The van der Waals surface area contributed by atoms with Gasteiger partial charge < -0.3 is 5.32 Å². The molecule has 1 heterocycles. The maximum absolute atomic E-state index is 14.5. The van der Waals surface area contributed by atoms with Gasteiger partial charge in [-0.2, -0.15) is 12.6 Å². The number of thiol groups is 1. The van der Waals surface area contributed by atoms with Crippen LogP contribution in [0.25, 0.3) is 0 Å². The highest BCUT2D eigenvalue weighted by Gasteiger charge is 2.21. The van der Waals surface area contributed by atoms with Crippen molar-refractivity contribution in [2.24, 2.45) is 0 Å². The monoisotopic (exact) mass is 436 g/mol. The summed E-state index contributed by atoms with van der Waals surface area (Å²) in [5, 5.41) is 3.33. The second kappa shape index (κ2) is 9.63. The molecule has 2 atom stereocenters. The van der Waals surface area contributed by atoms with Gasteiger partial charge in [0.2, 0.25) is 0 Å². The number of pyridine rings is 1. The molecule has 0 saturated carbocycles. The van der Waals surface area contributed by atoms with Gasteiger partial charge >= 0.3 is 0 Å². The van der Waals surface area contributed by atoms with Crippen molar-refractivity contribution in [1.29, 1.82) is 0 Å². The van der Waals surface area contributed by atoms with Crippen molar-refractivity contribution in [3.63, 3.8) is 0 Å². The van der Waals surface area contributed by atoms with Gasteiger partial charge in [0, 0.05) is 21.7 Å². The van der Waals surface area contributed by atoms with E-state index in [9.17, 15) is 8.78 Å². The van der Waals surface area contributed by atoms with E-state index in [4.69, 9.17) is 11.6 Å². The van der Waals surface area contributed by atoms with Gasteiger partial charge in [-0.25, -0.2) is 13.8 Å². The second-order valence-corrected chi connectivity index (χ2v) is 8.40. The van der Waals surface area contributed by atoms with E-state index in [0.717, 1.165) is 29.0 Å². The summed E-state index contributed by atoms with van der Waals surface area (Å²) in [7, 11) is 0. The molecular formula is C21H19ClF2N2S2. The molecule has 2 aromatic carbocycles. The van der Waals surface area contributed by atoms with Crippen LogP contribution in [0.4, 0.5) is 14.6 Å². The molecule has 2 unspecified atom stereocenters. The Hall–Kier alpha value is -1.76. The summed E-state index contributed by atoms with van der Waals surface area (Å²) in [6, 6.07) is 14.4. The first-order valence-corrected chi connectivity index (χ1v) is 10.5. The van der Waals surface area contributed by atoms with Crippen LogP contribution < -0.4 is 5.32 Å². The lowest BCUT2D eigenvalue weighted by atomic mass is 10.1. The highest BCUT2D eigenvalue weighted by Crippen LogP contribution is 2.42. The third-order valence-electron chi connectivity index (χ3n) is 4.10. The number of anilines is 1. The predicted octanol–water partition coefficient (Wildman–Crippen LogP) is 6.97. The lowest BCUT2D eigenvalue weighted by Crippen LogP contribution is -2.12. The van der Waals surface area contributed by atoms with Crippen molar-refractivity contribution in [2.75, 3.05) is 5.32 Å². The van der Waals surface area contributed by atoms with Crippen molar-refractivity contribution in [3.8, 4) is 0 Å². The molecule has 0 amide bonds. The summed E-state index contributed by atoms with van der Waals surface area (Å²) in [4.78, 5) is 5.30. The highest BCUT2D eigenvalue weighted by atomic mass is 35.5. The standard InChI is InChI=1S/C21H19ClF2N2S2/c1-2-20(27)26-19-10-3-13(12-25-19)21(17-11-15(23)6-9-18(17)24)28-16-7-4-14(22)5-8-16/h3-12,20-21,27H,2H2,1H3,(H,25,26). The molecule has 28 heavy (non-hydrogen) atoms. The van der Waals surface area contributed by atoms with E-state index in [2.05, 4.69) is 22.9 Å². The zero-order valence-electron chi connectivity index (χ0n) is 15.1. The van der Waals surface area contributed by atoms with Crippen LogP contribution in [0, 0.1) is 11.6 Å². The Morgan fingerprint density at radius 2 is 1.86 bits per heavy atom. The number of rotatable bonds is 7. The largest absolute Gasteiger partial charge is 0.359 e. The molecular weight excluding hydrogens is 418 g/mol. The van der Waals surface area contributed by atoms with Crippen LogP contribution in [-0.2, 0) is 0 Å². The number of thioether (sulfide) groups is 1. The van der Waals surface area contributed by atoms with Gasteiger partial charge in [0.25, 0.3) is 0 Å². The van der Waals surface area contributed by atoms with E-state index in [1.165, 1.54) is 17.8 Å². The molecule has 1 N–H and O–H groups in total. The van der Waals surface area contributed by atoms with Crippen molar-refractivity contribution in [2.45, 2.75) is 28.9 Å². The van der Waals surface area contributed by atoms with Crippen LogP contribution in [0.15, 0.2) is 65.7 Å². The zero-order valence-corrected chi connectivity index (χ0v) is 17.5. The van der Waals surface area contributed by atoms with Crippen LogP contribution in [0.1, 0.15) is 29.7 Å².